The molecule has 8 heteroatoms. The van der Waals surface area contributed by atoms with Gasteiger partial charge in [-0.25, -0.2) is 4.98 Å². The normalized spacial score (nSPS) is 19.1. The van der Waals surface area contributed by atoms with E-state index in [-0.39, 0.29) is 22.8 Å². The molecule has 0 bridgehead atoms. The molecule has 0 spiro atoms. The van der Waals surface area contributed by atoms with Crippen LogP contribution in [-0.4, -0.2) is 40.3 Å². The van der Waals surface area contributed by atoms with Crippen LogP contribution in [0.1, 0.15) is 36.0 Å². The molecule has 2 atom stereocenters. The zero-order chi connectivity index (χ0) is 18.0. The summed E-state index contributed by atoms with van der Waals surface area (Å²) in [5, 5.41) is 6.89. The van der Waals surface area contributed by atoms with E-state index in [9.17, 15) is 9.59 Å². The van der Waals surface area contributed by atoms with Crippen molar-refractivity contribution in [1.82, 2.24) is 20.6 Å². The summed E-state index contributed by atoms with van der Waals surface area (Å²) in [5.74, 6) is 1.19. The summed E-state index contributed by atoms with van der Waals surface area (Å²) in [6.07, 6.45) is 2.12. The fourth-order valence-electron chi connectivity index (χ4n) is 2.94. The Labute approximate surface area is 155 Å². The average molecular weight is 381 g/mol. The largest absolute Gasteiger partial charge is 0.351 e. The minimum Gasteiger partial charge on any atom is -0.351 e. The first-order valence-electron chi connectivity index (χ1n) is 8.57. The Morgan fingerprint density at radius 3 is 3.00 bits per heavy atom. The van der Waals surface area contributed by atoms with E-state index in [0.717, 1.165) is 41.2 Å². The van der Waals surface area contributed by atoms with Crippen LogP contribution in [0.15, 0.2) is 4.79 Å². The predicted octanol–water partition coefficient (Wildman–Crippen LogP) is 2.09. The quantitative estimate of drug-likeness (QED) is 0.739. The highest BCUT2D eigenvalue weighted by atomic mass is 32.2. The van der Waals surface area contributed by atoms with Crippen LogP contribution in [0.4, 0.5) is 0 Å². The molecule has 3 N–H and O–H groups in total. The second kappa shape index (κ2) is 7.88. The Balaban J connectivity index is 1.61. The third-order valence-corrected chi connectivity index (χ3v) is 6.83. The van der Waals surface area contributed by atoms with E-state index < -0.39 is 0 Å². The SMILES string of the molecule is Cc1sc2nc(CSC(C)C(=O)NC3CCCNC3)[nH]c(=O)c2c1C. The number of amides is 1. The minimum absolute atomic E-state index is 0.0462. The second-order valence-electron chi connectivity index (χ2n) is 6.48. The number of hydrogen-bond acceptors (Lipinski definition) is 6. The number of aryl methyl sites for hydroxylation is 2. The van der Waals surface area contributed by atoms with Crippen LogP contribution in [0.2, 0.25) is 0 Å². The van der Waals surface area contributed by atoms with E-state index in [1.54, 1.807) is 11.3 Å². The predicted molar refractivity (Wildman–Crippen MR) is 105 cm³/mol. The highest BCUT2D eigenvalue weighted by Gasteiger charge is 2.20. The van der Waals surface area contributed by atoms with Crippen molar-refractivity contribution in [3.05, 3.63) is 26.6 Å². The molecule has 2 aromatic rings. The fraction of sp³-hybridized carbons (Fsp3) is 0.588. The Hall–Kier alpha value is -1.38. The molecule has 2 aromatic heterocycles. The number of piperidine rings is 1. The Bertz CT molecular complexity index is 824. The molecule has 0 aromatic carbocycles. The first-order valence-corrected chi connectivity index (χ1v) is 10.4. The summed E-state index contributed by atoms with van der Waals surface area (Å²) < 4.78 is 0. The van der Waals surface area contributed by atoms with Crippen LogP contribution in [0.5, 0.6) is 0 Å². The van der Waals surface area contributed by atoms with Crippen molar-refractivity contribution in [1.29, 1.82) is 0 Å². The molecule has 136 valence electrons. The van der Waals surface area contributed by atoms with E-state index >= 15 is 0 Å². The second-order valence-corrected chi connectivity index (χ2v) is 9.01. The number of fused-ring (bicyclic) bond motifs is 1. The fourth-order valence-corrected chi connectivity index (χ4v) is 4.75. The van der Waals surface area contributed by atoms with Gasteiger partial charge in [-0.15, -0.1) is 23.1 Å². The third-order valence-electron chi connectivity index (χ3n) is 4.57. The molecule has 3 rings (SSSR count). The molecule has 25 heavy (non-hydrogen) atoms. The highest BCUT2D eigenvalue weighted by Crippen LogP contribution is 2.26. The summed E-state index contributed by atoms with van der Waals surface area (Å²) in [6.45, 7) is 7.71. The summed E-state index contributed by atoms with van der Waals surface area (Å²) in [6, 6.07) is 0.218. The van der Waals surface area contributed by atoms with Gasteiger partial charge in [-0.3, -0.25) is 9.59 Å². The molecule has 1 amide bonds. The third kappa shape index (κ3) is 4.24. The van der Waals surface area contributed by atoms with E-state index in [2.05, 4.69) is 20.6 Å². The van der Waals surface area contributed by atoms with Crippen molar-refractivity contribution >= 4 is 39.2 Å². The topological polar surface area (TPSA) is 86.9 Å². The van der Waals surface area contributed by atoms with Crippen molar-refractivity contribution in [3.63, 3.8) is 0 Å². The van der Waals surface area contributed by atoms with Crippen LogP contribution < -0.4 is 16.2 Å². The van der Waals surface area contributed by atoms with Crippen molar-refractivity contribution in [2.45, 2.75) is 50.7 Å². The number of aromatic nitrogens is 2. The number of nitrogens with one attached hydrogen (secondary N) is 3. The molecular weight excluding hydrogens is 356 g/mol. The van der Waals surface area contributed by atoms with Gasteiger partial charge in [0.05, 0.1) is 16.4 Å². The zero-order valence-corrected chi connectivity index (χ0v) is 16.4. The zero-order valence-electron chi connectivity index (χ0n) is 14.8. The number of H-pyrrole nitrogens is 1. The van der Waals surface area contributed by atoms with Crippen molar-refractivity contribution in [2.24, 2.45) is 0 Å². The molecule has 0 saturated carbocycles. The number of carbonyl (C=O) groups is 1. The van der Waals surface area contributed by atoms with Crippen LogP contribution in [0.3, 0.4) is 0 Å². The first kappa shape index (κ1) is 18.4. The van der Waals surface area contributed by atoms with Crippen LogP contribution in [-0.2, 0) is 10.5 Å². The van der Waals surface area contributed by atoms with Gasteiger partial charge in [0, 0.05) is 17.5 Å². The van der Waals surface area contributed by atoms with Crippen molar-refractivity contribution in [2.75, 3.05) is 13.1 Å². The number of rotatable bonds is 5. The lowest BCUT2D eigenvalue weighted by molar-refractivity contribution is -0.121. The van der Waals surface area contributed by atoms with Crippen LogP contribution in [0, 0.1) is 13.8 Å². The minimum atomic E-state index is -0.185. The highest BCUT2D eigenvalue weighted by molar-refractivity contribution is 7.99. The molecule has 6 nitrogen and oxygen atoms in total. The van der Waals surface area contributed by atoms with Gasteiger partial charge >= 0.3 is 0 Å². The average Bonchev–Trinajstić information content (AvgIpc) is 2.88. The summed E-state index contributed by atoms with van der Waals surface area (Å²) in [5.41, 5.74) is 0.912. The number of carbonyl (C=O) groups excluding carboxylic acids is 1. The van der Waals surface area contributed by atoms with Gasteiger partial charge in [0.25, 0.3) is 5.56 Å². The molecule has 0 aliphatic carbocycles. The van der Waals surface area contributed by atoms with Crippen LogP contribution >= 0.6 is 23.1 Å². The summed E-state index contributed by atoms with van der Waals surface area (Å²) in [7, 11) is 0. The van der Waals surface area contributed by atoms with E-state index in [1.807, 2.05) is 20.8 Å². The van der Waals surface area contributed by atoms with Gasteiger partial charge < -0.3 is 15.6 Å². The summed E-state index contributed by atoms with van der Waals surface area (Å²) >= 11 is 3.04. The summed E-state index contributed by atoms with van der Waals surface area (Å²) in [4.78, 5) is 33.9. The molecule has 1 saturated heterocycles. The lowest BCUT2D eigenvalue weighted by atomic mass is 10.1. The molecule has 1 aliphatic rings. The van der Waals surface area contributed by atoms with Gasteiger partial charge in [0.15, 0.2) is 0 Å². The standard InChI is InChI=1S/C17H24N4O2S2/c1-9-10(2)25-17-14(9)16(23)20-13(21-17)8-24-11(3)15(22)19-12-5-4-6-18-7-12/h11-12,18H,4-8H2,1-3H3,(H,19,22)(H,20,21,23). The molecule has 3 heterocycles. The van der Waals surface area contributed by atoms with Gasteiger partial charge in [0.2, 0.25) is 5.91 Å². The van der Waals surface area contributed by atoms with Crippen molar-refractivity contribution in [3.8, 4) is 0 Å². The Kier molecular flexibility index (Phi) is 5.81. The molecular formula is C17H24N4O2S2. The number of hydrogen-bond donors (Lipinski definition) is 3. The smallest absolute Gasteiger partial charge is 0.259 e. The van der Waals surface area contributed by atoms with E-state index in [1.165, 1.54) is 11.8 Å². The monoisotopic (exact) mass is 380 g/mol. The van der Waals surface area contributed by atoms with E-state index in [4.69, 9.17) is 0 Å². The first-order chi connectivity index (χ1) is 12.0. The lowest BCUT2D eigenvalue weighted by Crippen LogP contribution is -2.47. The number of thiophene rings is 1. The molecule has 1 aliphatic heterocycles. The number of aromatic amines is 1. The molecule has 2 unspecified atom stereocenters. The van der Waals surface area contributed by atoms with Gasteiger partial charge in [0.1, 0.15) is 10.7 Å². The van der Waals surface area contributed by atoms with Gasteiger partial charge in [-0.1, -0.05) is 0 Å². The molecule has 0 radical (unpaired) electrons. The van der Waals surface area contributed by atoms with E-state index in [0.29, 0.717) is 17.0 Å². The lowest BCUT2D eigenvalue weighted by Gasteiger charge is -2.25. The van der Waals surface area contributed by atoms with Crippen LogP contribution in [0.25, 0.3) is 10.2 Å². The Morgan fingerprint density at radius 1 is 1.48 bits per heavy atom. The number of nitrogens with zero attached hydrogens (tertiary/aromatic N) is 1. The maximum atomic E-state index is 12.3. The van der Waals surface area contributed by atoms with Gasteiger partial charge in [-0.05, 0) is 45.7 Å². The molecule has 1 fully saturated rings. The number of thioether (sulfide) groups is 1. The maximum Gasteiger partial charge on any atom is 0.259 e. The Morgan fingerprint density at radius 2 is 2.28 bits per heavy atom. The van der Waals surface area contributed by atoms with Gasteiger partial charge in [-0.2, -0.15) is 0 Å². The maximum absolute atomic E-state index is 12.3. The van der Waals surface area contributed by atoms with Crippen molar-refractivity contribution < 1.29 is 4.79 Å².